The minimum atomic E-state index is 0.0192. The summed E-state index contributed by atoms with van der Waals surface area (Å²) in [6.07, 6.45) is 19.4. The Bertz CT molecular complexity index is 234. The molecular formula is C19H36O. The number of aliphatic hydroxyl groups excluding tert-OH is 1. The molecule has 1 heteroatoms. The van der Waals surface area contributed by atoms with Gasteiger partial charge in [0.1, 0.15) is 0 Å². The van der Waals surface area contributed by atoms with Crippen LogP contribution in [-0.4, -0.2) is 11.2 Å². The zero-order valence-corrected chi connectivity index (χ0v) is 13.7. The summed E-state index contributed by atoms with van der Waals surface area (Å²) in [5.41, 5.74) is 0. The molecule has 0 aromatic carbocycles. The molecule has 0 heterocycles. The molecule has 0 aromatic rings. The highest BCUT2D eigenvalue weighted by atomic mass is 16.3. The fourth-order valence-electron chi connectivity index (χ4n) is 4.56. The van der Waals surface area contributed by atoms with E-state index in [1.165, 1.54) is 77.0 Å². The van der Waals surface area contributed by atoms with Crippen molar-refractivity contribution in [1.82, 2.24) is 0 Å². The molecule has 0 bridgehead atoms. The quantitative estimate of drug-likeness (QED) is 0.593. The minimum absolute atomic E-state index is 0.0192. The van der Waals surface area contributed by atoms with Crippen molar-refractivity contribution in [2.75, 3.05) is 0 Å². The predicted octanol–water partition coefficient (Wildman–Crippen LogP) is 5.70. The van der Waals surface area contributed by atoms with Crippen LogP contribution in [0.15, 0.2) is 0 Å². The van der Waals surface area contributed by atoms with Gasteiger partial charge in [0, 0.05) is 0 Å². The summed E-state index contributed by atoms with van der Waals surface area (Å²) in [5.74, 6) is 2.99. The lowest BCUT2D eigenvalue weighted by Gasteiger charge is -2.37. The molecule has 0 spiro atoms. The van der Waals surface area contributed by atoms with Gasteiger partial charge in [-0.1, -0.05) is 58.3 Å². The summed E-state index contributed by atoms with van der Waals surface area (Å²) < 4.78 is 0. The first-order chi connectivity index (χ1) is 9.79. The van der Waals surface area contributed by atoms with Gasteiger partial charge in [-0.3, -0.25) is 0 Å². The number of unbranched alkanes of at least 4 members (excludes halogenated alkanes) is 4. The molecule has 0 radical (unpaired) electrons. The van der Waals surface area contributed by atoms with Gasteiger partial charge in [0.05, 0.1) is 6.10 Å². The molecule has 2 rings (SSSR count). The van der Waals surface area contributed by atoms with Gasteiger partial charge < -0.3 is 5.11 Å². The van der Waals surface area contributed by atoms with Crippen LogP contribution in [0, 0.1) is 17.8 Å². The van der Waals surface area contributed by atoms with Crippen LogP contribution in [0.1, 0.15) is 96.8 Å². The average molecular weight is 280 g/mol. The van der Waals surface area contributed by atoms with Crippen molar-refractivity contribution < 1.29 is 5.11 Å². The molecule has 1 N–H and O–H groups in total. The van der Waals surface area contributed by atoms with E-state index in [-0.39, 0.29) is 6.10 Å². The maximum atomic E-state index is 9.63. The summed E-state index contributed by atoms with van der Waals surface area (Å²) in [6, 6.07) is 0. The number of hydrogen-bond donors (Lipinski definition) is 1. The Balaban J connectivity index is 1.55. The van der Waals surface area contributed by atoms with Crippen LogP contribution in [0.5, 0.6) is 0 Å². The molecule has 1 nitrogen and oxygen atoms in total. The highest BCUT2D eigenvalue weighted by Crippen LogP contribution is 2.41. The molecule has 0 aliphatic heterocycles. The van der Waals surface area contributed by atoms with Crippen molar-refractivity contribution in [3.8, 4) is 0 Å². The van der Waals surface area contributed by atoms with Gasteiger partial charge in [0.15, 0.2) is 0 Å². The van der Waals surface area contributed by atoms with Crippen LogP contribution in [0.3, 0.4) is 0 Å². The largest absolute Gasteiger partial charge is 0.393 e. The van der Waals surface area contributed by atoms with Crippen molar-refractivity contribution in [3.63, 3.8) is 0 Å². The molecule has 2 fully saturated rings. The predicted molar refractivity (Wildman–Crippen MR) is 86.8 cm³/mol. The van der Waals surface area contributed by atoms with E-state index in [1.807, 2.05) is 0 Å². The molecule has 0 atom stereocenters. The summed E-state index contributed by atoms with van der Waals surface area (Å²) in [4.78, 5) is 0. The van der Waals surface area contributed by atoms with Crippen LogP contribution in [-0.2, 0) is 0 Å². The smallest absolute Gasteiger partial charge is 0.0540 e. The van der Waals surface area contributed by atoms with E-state index in [9.17, 15) is 5.11 Å². The Morgan fingerprint density at radius 3 is 1.85 bits per heavy atom. The first-order valence-corrected chi connectivity index (χ1v) is 9.47. The summed E-state index contributed by atoms with van der Waals surface area (Å²) in [5, 5.41) is 9.63. The molecule has 0 saturated heterocycles. The van der Waals surface area contributed by atoms with Crippen molar-refractivity contribution in [1.29, 1.82) is 0 Å². The zero-order chi connectivity index (χ0) is 14.2. The monoisotopic (exact) mass is 280 g/mol. The summed E-state index contributed by atoms with van der Waals surface area (Å²) in [7, 11) is 0. The second-order valence-corrected chi connectivity index (χ2v) is 7.55. The van der Waals surface area contributed by atoms with Crippen LogP contribution >= 0.6 is 0 Å². The van der Waals surface area contributed by atoms with E-state index in [0.717, 1.165) is 30.6 Å². The lowest BCUT2D eigenvalue weighted by Crippen LogP contribution is -2.27. The Labute approximate surface area is 126 Å². The Morgan fingerprint density at radius 1 is 0.700 bits per heavy atom. The fourth-order valence-corrected chi connectivity index (χ4v) is 4.56. The molecular weight excluding hydrogens is 244 g/mol. The van der Waals surface area contributed by atoms with Gasteiger partial charge in [-0.2, -0.15) is 0 Å². The lowest BCUT2D eigenvalue weighted by atomic mass is 9.70. The first-order valence-electron chi connectivity index (χ1n) is 9.47. The minimum Gasteiger partial charge on any atom is -0.393 e. The Hall–Kier alpha value is -0.0400. The number of rotatable bonds is 7. The van der Waals surface area contributed by atoms with Crippen molar-refractivity contribution >= 4 is 0 Å². The van der Waals surface area contributed by atoms with Crippen LogP contribution in [0.2, 0.25) is 0 Å². The summed E-state index contributed by atoms with van der Waals surface area (Å²) in [6.45, 7) is 2.30. The second-order valence-electron chi connectivity index (χ2n) is 7.55. The van der Waals surface area contributed by atoms with E-state index in [1.54, 1.807) is 0 Å². The lowest BCUT2D eigenvalue weighted by molar-refractivity contribution is 0.0763. The molecule has 2 saturated carbocycles. The van der Waals surface area contributed by atoms with Crippen LogP contribution in [0.4, 0.5) is 0 Å². The molecule has 2 aliphatic rings. The maximum absolute atomic E-state index is 9.63. The molecule has 118 valence electrons. The van der Waals surface area contributed by atoms with E-state index in [0.29, 0.717) is 0 Å². The van der Waals surface area contributed by atoms with Crippen molar-refractivity contribution in [2.45, 2.75) is 103 Å². The van der Waals surface area contributed by atoms with Gasteiger partial charge in [0.25, 0.3) is 0 Å². The highest BCUT2D eigenvalue weighted by molar-refractivity contribution is 4.81. The van der Waals surface area contributed by atoms with Crippen LogP contribution in [0.25, 0.3) is 0 Å². The third kappa shape index (κ3) is 5.39. The zero-order valence-electron chi connectivity index (χ0n) is 13.7. The summed E-state index contributed by atoms with van der Waals surface area (Å²) >= 11 is 0. The SMILES string of the molecule is CCCCCCC[C@H]1CC[C@H]([C@H]2CC[C@H](O)CC2)CC1. The Morgan fingerprint density at radius 2 is 1.25 bits per heavy atom. The first kappa shape index (κ1) is 16.3. The standard InChI is InChI=1S/C19H36O/c1-2-3-4-5-6-7-16-8-10-17(11-9-16)18-12-14-19(20)15-13-18/h16-20H,2-15H2,1H3/t16-,17-,18-,19-. The van der Waals surface area contributed by atoms with Gasteiger partial charge in [-0.05, 0) is 56.3 Å². The highest BCUT2D eigenvalue weighted by Gasteiger charge is 2.30. The molecule has 20 heavy (non-hydrogen) atoms. The van der Waals surface area contributed by atoms with E-state index >= 15 is 0 Å². The van der Waals surface area contributed by atoms with Crippen molar-refractivity contribution in [3.05, 3.63) is 0 Å². The molecule has 0 unspecified atom stereocenters. The molecule has 2 aliphatic carbocycles. The van der Waals surface area contributed by atoms with Gasteiger partial charge in [-0.15, -0.1) is 0 Å². The van der Waals surface area contributed by atoms with Gasteiger partial charge in [-0.25, -0.2) is 0 Å². The van der Waals surface area contributed by atoms with E-state index in [4.69, 9.17) is 0 Å². The van der Waals surface area contributed by atoms with Gasteiger partial charge in [0.2, 0.25) is 0 Å². The molecule has 0 amide bonds. The van der Waals surface area contributed by atoms with E-state index < -0.39 is 0 Å². The van der Waals surface area contributed by atoms with Crippen LogP contribution < -0.4 is 0 Å². The third-order valence-corrected chi connectivity index (χ3v) is 6.02. The Kier molecular flexibility index (Phi) is 7.41. The fraction of sp³-hybridized carbons (Fsp3) is 1.00. The topological polar surface area (TPSA) is 20.2 Å². The van der Waals surface area contributed by atoms with E-state index in [2.05, 4.69) is 6.92 Å². The number of hydrogen-bond acceptors (Lipinski definition) is 1. The second kappa shape index (κ2) is 9.07. The molecule has 0 aromatic heterocycles. The maximum Gasteiger partial charge on any atom is 0.0540 e. The normalized spacial score (nSPS) is 35.1. The van der Waals surface area contributed by atoms with Gasteiger partial charge >= 0.3 is 0 Å². The number of aliphatic hydroxyl groups is 1. The average Bonchev–Trinajstić information content (AvgIpc) is 2.49. The van der Waals surface area contributed by atoms with Crippen molar-refractivity contribution in [2.24, 2.45) is 17.8 Å². The third-order valence-electron chi connectivity index (χ3n) is 6.02.